The van der Waals surface area contributed by atoms with Crippen molar-refractivity contribution in [1.29, 1.82) is 0 Å². The largest absolute Gasteiger partial charge is 0.317 e. The van der Waals surface area contributed by atoms with Gasteiger partial charge in [-0.1, -0.05) is 57.5 Å². The molecule has 2 rings (SSSR count). The Morgan fingerprint density at radius 3 is 2.52 bits per heavy atom. The number of nitrogens with one attached hydrogen (secondary N) is 1. The fraction of sp³-hybridized carbons (Fsp3) is 0.700. The van der Waals surface area contributed by atoms with E-state index < -0.39 is 0 Å². The van der Waals surface area contributed by atoms with E-state index in [-0.39, 0.29) is 0 Å². The Balaban J connectivity index is 1.88. The first kappa shape index (κ1) is 16.5. The Hall–Kier alpha value is -0.820. The van der Waals surface area contributed by atoms with E-state index in [2.05, 4.69) is 63.5 Å². The maximum Gasteiger partial charge on any atom is 0.00999 e. The van der Waals surface area contributed by atoms with Crippen LogP contribution in [0.4, 0.5) is 0 Å². The van der Waals surface area contributed by atoms with Crippen molar-refractivity contribution in [1.82, 2.24) is 5.32 Å². The number of benzene rings is 1. The molecule has 1 aliphatic carbocycles. The molecule has 3 atom stereocenters. The Labute approximate surface area is 131 Å². The van der Waals surface area contributed by atoms with Crippen LogP contribution in [0, 0.1) is 17.3 Å². The first-order chi connectivity index (χ1) is 10.0. The first-order valence-electron chi connectivity index (χ1n) is 8.74. The van der Waals surface area contributed by atoms with Crippen molar-refractivity contribution in [3.05, 3.63) is 35.9 Å². The van der Waals surface area contributed by atoms with Crippen LogP contribution in [0.25, 0.3) is 0 Å². The lowest BCUT2D eigenvalue weighted by molar-refractivity contribution is 0.0887. The van der Waals surface area contributed by atoms with Crippen LogP contribution in [0.2, 0.25) is 0 Å². The molecule has 1 N–H and O–H groups in total. The number of rotatable bonds is 6. The van der Waals surface area contributed by atoms with Gasteiger partial charge in [0.05, 0.1) is 0 Å². The van der Waals surface area contributed by atoms with Crippen LogP contribution in [0.3, 0.4) is 0 Å². The molecule has 0 spiro atoms. The molecule has 1 aromatic carbocycles. The molecule has 1 fully saturated rings. The van der Waals surface area contributed by atoms with Gasteiger partial charge in [-0.05, 0) is 62.0 Å². The van der Waals surface area contributed by atoms with Gasteiger partial charge in [0, 0.05) is 6.04 Å². The molecule has 1 aliphatic rings. The lowest BCUT2D eigenvalue weighted by Crippen LogP contribution is -2.45. The van der Waals surface area contributed by atoms with E-state index in [1.54, 1.807) is 0 Å². The Kier molecular flexibility index (Phi) is 5.87. The van der Waals surface area contributed by atoms with Gasteiger partial charge in [-0.2, -0.15) is 0 Å². The van der Waals surface area contributed by atoms with Crippen molar-refractivity contribution in [2.45, 2.75) is 65.3 Å². The van der Waals surface area contributed by atoms with E-state index in [0.29, 0.717) is 11.5 Å². The van der Waals surface area contributed by atoms with E-state index in [4.69, 9.17) is 0 Å². The fourth-order valence-corrected chi connectivity index (χ4v) is 4.21. The third kappa shape index (κ3) is 4.57. The van der Waals surface area contributed by atoms with Gasteiger partial charge in [0.15, 0.2) is 0 Å². The molecule has 0 radical (unpaired) electrons. The summed E-state index contributed by atoms with van der Waals surface area (Å²) >= 11 is 0. The van der Waals surface area contributed by atoms with E-state index in [9.17, 15) is 0 Å². The maximum atomic E-state index is 3.60. The molecule has 1 saturated carbocycles. The molecular weight excluding hydrogens is 254 g/mol. The summed E-state index contributed by atoms with van der Waals surface area (Å²) in [5.41, 5.74) is 1.93. The Morgan fingerprint density at radius 1 is 1.14 bits per heavy atom. The van der Waals surface area contributed by atoms with Crippen molar-refractivity contribution < 1.29 is 0 Å². The van der Waals surface area contributed by atoms with Crippen LogP contribution in [-0.4, -0.2) is 13.1 Å². The summed E-state index contributed by atoms with van der Waals surface area (Å²) in [6, 6.07) is 11.6. The standard InChI is InChI=1S/C20H33N/c1-16-12-13-18(19(15-16)21-4)20(2,3)14-8-11-17-9-6-5-7-10-17/h5-7,9-10,16,18-19,21H,8,11-15H2,1-4H3. The Morgan fingerprint density at radius 2 is 1.86 bits per heavy atom. The number of hydrogen-bond donors (Lipinski definition) is 1. The zero-order valence-electron chi connectivity index (χ0n) is 14.4. The van der Waals surface area contributed by atoms with Crippen LogP contribution >= 0.6 is 0 Å². The van der Waals surface area contributed by atoms with Crippen molar-refractivity contribution in [3.8, 4) is 0 Å². The molecule has 0 bridgehead atoms. The van der Waals surface area contributed by atoms with Gasteiger partial charge in [-0.3, -0.25) is 0 Å². The van der Waals surface area contributed by atoms with Gasteiger partial charge < -0.3 is 5.32 Å². The topological polar surface area (TPSA) is 12.0 Å². The highest BCUT2D eigenvalue weighted by Crippen LogP contribution is 2.43. The molecule has 1 heteroatoms. The molecule has 0 amide bonds. The molecule has 1 aromatic rings. The zero-order valence-corrected chi connectivity index (χ0v) is 14.4. The second-order valence-electron chi connectivity index (χ2n) is 7.75. The highest BCUT2D eigenvalue weighted by Gasteiger charge is 2.37. The van der Waals surface area contributed by atoms with Crippen LogP contribution in [-0.2, 0) is 6.42 Å². The predicted molar refractivity (Wildman–Crippen MR) is 92.5 cm³/mol. The summed E-state index contributed by atoms with van der Waals surface area (Å²) in [5.74, 6) is 1.72. The average molecular weight is 287 g/mol. The molecule has 3 unspecified atom stereocenters. The van der Waals surface area contributed by atoms with Gasteiger partial charge in [0.2, 0.25) is 0 Å². The number of hydrogen-bond acceptors (Lipinski definition) is 1. The minimum absolute atomic E-state index is 0.447. The minimum Gasteiger partial charge on any atom is -0.317 e. The zero-order chi connectivity index (χ0) is 15.3. The minimum atomic E-state index is 0.447. The molecule has 0 heterocycles. The number of aryl methyl sites for hydroxylation is 1. The van der Waals surface area contributed by atoms with E-state index >= 15 is 0 Å². The van der Waals surface area contributed by atoms with Gasteiger partial charge in [-0.25, -0.2) is 0 Å². The predicted octanol–water partition coefficient (Wildman–Crippen LogP) is 5.06. The monoisotopic (exact) mass is 287 g/mol. The van der Waals surface area contributed by atoms with Crippen LogP contribution in [0.1, 0.15) is 58.4 Å². The molecule has 0 saturated heterocycles. The smallest absolute Gasteiger partial charge is 0.00999 e. The third-order valence-corrected chi connectivity index (χ3v) is 5.62. The molecule has 1 nitrogen and oxygen atoms in total. The summed E-state index contributed by atoms with van der Waals surface area (Å²) in [6.45, 7) is 7.38. The highest BCUT2D eigenvalue weighted by molar-refractivity contribution is 5.14. The van der Waals surface area contributed by atoms with Crippen molar-refractivity contribution in [2.24, 2.45) is 17.3 Å². The van der Waals surface area contributed by atoms with Gasteiger partial charge in [-0.15, -0.1) is 0 Å². The van der Waals surface area contributed by atoms with E-state index in [0.717, 1.165) is 11.8 Å². The highest BCUT2D eigenvalue weighted by atomic mass is 14.9. The SMILES string of the molecule is CNC1CC(C)CCC1C(C)(C)CCCc1ccccc1. The normalized spacial score (nSPS) is 26.8. The van der Waals surface area contributed by atoms with Crippen LogP contribution < -0.4 is 5.32 Å². The van der Waals surface area contributed by atoms with E-state index in [1.807, 2.05) is 0 Å². The molecule has 21 heavy (non-hydrogen) atoms. The maximum absolute atomic E-state index is 3.60. The summed E-state index contributed by atoms with van der Waals surface area (Å²) in [6.07, 6.45) is 8.01. The van der Waals surface area contributed by atoms with E-state index in [1.165, 1.54) is 44.1 Å². The van der Waals surface area contributed by atoms with Gasteiger partial charge >= 0.3 is 0 Å². The van der Waals surface area contributed by atoms with Crippen LogP contribution in [0.5, 0.6) is 0 Å². The second kappa shape index (κ2) is 7.45. The summed E-state index contributed by atoms with van der Waals surface area (Å²) in [5, 5.41) is 3.60. The summed E-state index contributed by atoms with van der Waals surface area (Å²) in [4.78, 5) is 0. The third-order valence-electron chi connectivity index (χ3n) is 5.62. The van der Waals surface area contributed by atoms with Crippen molar-refractivity contribution in [2.75, 3.05) is 7.05 Å². The molecule has 118 valence electrons. The van der Waals surface area contributed by atoms with Crippen LogP contribution in [0.15, 0.2) is 30.3 Å². The first-order valence-corrected chi connectivity index (χ1v) is 8.74. The molecular formula is C20H33N. The summed E-state index contributed by atoms with van der Waals surface area (Å²) in [7, 11) is 2.15. The average Bonchev–Trinajstić information content (AvgIpc) is 2.47. The quantitative estimate of drug-likeness (QED) is 0.771. The Bertz CT molecular complexity index is 409. The molecule has 0 aliphatic heterocycles. The van der Waals surface area contributed by atoms with Gasteiger partial charge in [0.25, 0.3) is 0 Å². The van der Waals surface area contributed by atoms with Crippen molar-refractivity contribution in [3.63, 3.8) is 0 Å². The second-order valence-corrected chi connectivity index (χ2v) is 7.75. The van der Waals surface area contributed by atoms with Gasteiger partial charge in [0.1, 0.15) is 0 Å². The molecule has 0 aromatic heterocycles. The van der Waals surface area contributed by atoms with Crippen molar-refractivity contribution >= 4 is 0 Å². The lowest BCUT2D eigenvalue weighted by atomic mass is 9.64. The lowest BCUT2D eigenvalue weighted by Gasteiger charge is -2.44. The fourth-order valence-electron chi connectivity index (χ4n) is 4.21. The summed E-state index contributed by atoms with van der Waals surface area (Å²) < 4.78 is 0.